The lowest BCUT2D eigenvalue weighted by Crippen LogP contribution is -2.33. The number of benzene rings is 2. The molecule has 5 heteroatoms. The summed E-state index contributed by atoms with van der Waals surface area (Å²) in [4.78, 5) is 12.5. The lowest BCUT2D eigenvalue weighted by molar-refractivity contribution is -0.122. The van der Waals surface area contributed by atoms with Crippen molar-refractivity contribution in [2.45, 2.75) is 31.8 Å². The molecule has 1 aromatic heterocycles. The van der Waals surface area contributed by atoms with E-state index in [1.807, 2.05) is 24.3 Å². The van der Waals surface area contributed by atoms with Crippen LogP contribution in [0.5, 0.6) is 0 Å². The smallest absolute Gasteiger partial charge is 0.242 e. The summed E-state index contributed by atoms with van der Waals surface area (Å²) in [6.45, 7) is 0.197. The Balaban J connectivity index is 1.52. The molecule has 122 valence electrons. The summed E-state index contributed by atoms with van der Waals surface area (Å²) >= 11 is 6.05. The number of hydrogen-bond donors (Lipinski definition) is 1. The van der Waals surface area contributed by atoms with Crippen LogP contribution in [0.3, 0.4) is 0 Å². The summed E-state index contributed by atoms with van der Waals surface area (Å²) in [6.07, 6.45) is 4.93. The van der Waals surface area contributed by atoms with Crippen LogP contribution < -0.4 is 5.32 Å². The number of amides is 1. The zero-order valence-electron chi connectivity index (χ0n) is 13.2. The summed E-state index contributed by atoms with van der Waals surface area (Å²) < 4.78 is 1.70. The Kier molecular flexibility index (Phi) is 3.98. The molecule has 2 aromatic carbocycles. The number of rotatable bonds is 3. The second kappa shape index (κ2) is 6.29. The maximum Gasteiger partial charge on any atom is 0.242 e. The van der Waals surface area contributed by atoms with Crippen LogP contribution in [0, 0.1) is 0 Å². The molecule has 1 unspecified atom stereocenters. The van der Waals surface area contributed by atoms with Crippen LogP contribution in [0.15, 0.2) is 48.7 Å². The third-order valence-electron chi connectivity index (χ3n) is 4.60. The fourth-order valence-corrected chi connectivity index (χ4v) is 3.62. The van der Waals surface area contributed by atoms with E-state index in [2.05, 4.69) is 28.6 Å². The monoisotopic (exact) mass is 339 g/mol. The molecular weight excluding hydrogens is 322 g/mol. The van der Waals surface area contributed by atoms with Gasteiger partial charge in [-0.2, -0.15) is 5.10 Å². The lowest BCUT2D eigenvalue weighted by Gasteiger charge is -2.26. The molecule has 0 radical (unpaired) electrons. The van der Waals surface area contributed by atoms with Gasteiger partial charge in [0.05, 0.1) is 17.8 Å². The van der Waals surface area contributed by atoms with Gasteiger partial charge in [-0.1, -0.05) is 35.9 Å². The molecule has 4 rings (SSSR count). The lowest BCUT2D eigenvalue weighted by atomic mass is 9.88. The molecule has 1 N–H and O–H groups in total. The molecule has 24 heavy (non-hydrogen) atoms. The molecule has 0 fully saturated rings. The van der Waals surface area contributed by atoms with E-state index in [9.17, 15) is 4.79 Å². The quantitative estimate of drug-likeness (QED) is 0.787. The van der Waals surface area contributed by atoms with Gasteiger partial charge in [0, 0.05) is 10.4 Å². The first-order valence-corrected chi connectivity index (χ1v) is 8.57. The predicted molar refractivity (Wildman–Crippen MR) is 95.0 cm³/mol. The number of carbonyl (C=O) groups excluding carboxylic acids is 1. The van der Waals surface area contributed by atoms with Crippen molar-refractivity contribution in [3.63, 3.8) is 0 Å². The van der Waals surface area contributed by atoms with Gasteiger partial charge < -0.3 is 5.32 Å². The molecule has 1 aliphatic carbocycles. The number of halogens is 1. The first-order chi connectivity index (χ1) is 11.7. The molecule has 3 aromatic rings. The van der Waals surface area contributed by atoms with Gasteiger partial charge in [-0.3, -0.25) is 9.48 Å². The van der Waals surface area contributed by atoms with Crippen molar-refractivity contribution in [3.8, 4) is 0 Å². The van der Waals surface area contributed by atoms with Gasteiger partial charge in [-0.05, 0) is 48.6 Å². The largest absolute Gasteiger partial charge is 0.348 e. The van der Waals surface area contributed by atoms with E-state index in [1.54, 1.807) is 10.9 Å². The zero-order valence-corrected chi connectivity index (χ0v) is 14.0. The maximum atomic E-state index is 12.5. The highest BCUT2D eigenvalue weighted by molar-refractivity contribution is 6.31. The highest BCUT2D eigenvalue weighted by Crippen LogP contribution is 2.29. The molecule has 0 saturated carbocycles. The van der Waals surface area contributed by atoms with E-state index < -0.39 is 0 Å². The summed E-state index contributed by atoms with van der Waals surface area (Å²) in [5, 5.41) is 9.10. The Morgan fingerprint density at radius 2 is 2.17 bits per heavy atom. The van der Waals surface area contributed by atoms with E-state index in [0.717, 1.165) is 30.2 Å². The summed E-state index contributed by atoms with van der Waals surface area (Å²) in [5.74, 6) is -0.0262. The SMILES string of the molecule is O=C(Cn1ncc2ccc(Cl)cc21)NC1CCCc2ccccc21. The number of nitrogens with one attached hydrogen (secondary N) is 1. The average Bonchev–Trinajstić information content (AvgIpc) is 2.97. The van der Waals surface area contributed by atoms with E-state index in [1.165, 1.54) is 11.1 Å². The van der Waals surface area contributed by atoms with Crippen molar-refractivity contribution in [3.05, 3.63) is 64.8 Å². The highest BCUT2D eigenvalue weighted by Gasteiger charge is 2.21. The Labute approximate surface area is 145 Å². The number of carbonyl (C=O) groups is 1. The van der Waals surface area contributed by atoms with E-state index >= 15 is 0 Å². The molecule has 1 aliphatic rings. The van der Waals surface area contributed by atoms with Crippen molar-refractivity contribution < 1.29 is 4.79 Å². The number of aryl methyl sites for hydroxylation is 1. The van der Waals surface area contributed by atoms with Crippen molar-refractivity contribution in [1.82, 2.24) is 15.1 Å². The van der Waals surface area contributed by atoms with Gasteiger partial charge >= 0.3 is 0 Å². The standard InChI is InChI=1S/C19H18ClN3O/c20-15-9-8-14-11-21-23(18(14)10-15)12-19(24)22-17-7-3-5-13-4-1-2-6-16(13)17/h1-2,4,6,8-11,17H,3,5,7,12H2,(H,22,24). The topological polar surface area (TPSA) is 46.9 Å². The number of aromatic nitrogens is 2. The van der Waals surface area contributed by atoms with Gasteiger partial charge in [0.15, 0.2) is 0 Å². The van der Waals surface area contributed by atoms with Gasteiger partial charge in [-0.15, -0.1) is 0 Å². The Bertz CT molecular complexity index is 903. The molecule has 0 bridgehead atoms. The van der Waals surface area contributed by atoms with Crippen molar-refractivity contribution in [2.24, 2.45) is 0 Å². The molecule has 1 amide bonds. The van der Waals surface area contributed by atoms with Gasteiger partial charge in [-0.25, -0.2) is 0 Å². The van der Waals surface area contributed by atoms with Crippen molar-refractivity contribution in [1.29, 1.82) is 0 Å². The van der Waals surface area contributed by atoms with Crippen LogP contribution in [0.4, 0.5) is 0 Å². The van der Waals surface area contributed by atoms with E-state index in [0.29, 0.717) is 5.02 Å². The molecule has 0 spiro atoms. The Morgan fingerprint density at radius 3 is 3.08 bits per heavy atom. The average molecular weight is 340 g/mol. The summed E-state index contributed by atoms with van der Waals surface area (Å²) in [5.41, 5.74) is 3.46. The second-order valence-electron chi connectivity index (χ2n) is 6.22. The third kappa shape index (κ3) is 2.89. The van der Waals surface area contributed by atoms with Crippen LogP contribution in [0.25, 0.3) is 10.9 Å². The zero-order chi connectivity index (χ0) is 16.5. The third-order valence-corrected chi connectivity index (χ3v) is 4.84. The molecule has 0 aliphatic heterocycles. The minimum absolute atomic E-state index is 0.0262. The van der Waals surface area contributed by atoms with Crippen molar-refractivity contribution >= 4 is 28.4 Å². The maximum absolute atomic E-state index is 12.5. The van der Waals surface area contributed by atoms with Crippen LogP contribution in [-0.4, -0.2) is 15.7 Å². The first kappa shape index (κ1) is 15.2. The van der Waals surface area contributed by atoms with Crippen LogP contribution in [-0.2, 0) is 17.8 Å². The molecule has 0 saturated heterocycles. The van der Waals surface area contributed by atoms with E-state index in [-0.39, 0.29) is 18.5 Å². The minimum atomic E-state index is -0.0262. The molecule has 1 heterocycles. The molecular formula is C19H18ClN3O. The van der Waals surface area contributed by atoms with Gasteiger partial charge in [0.25, 0.3) is 0 Å². The van der Waals surface area contributed by atoms with Gasteiger partial charge in [0.2, 0.25) is 5.91 Å². The van der Waals surface area contributed by atoms with Crippen molar-refractivity contribution in [2.75, 3.05) is 0 Å². The summed E-state index contributed by atoms with van der Waals surface area (Å²) in [6, 6.07) is 14.0. The predicted octanol–water partition coefficient (Wildman–Crippen LogP) is 3.88. The summed E-state index contributed by atoms with van der Waals surface area (Å²) in [7, 11) is 0. The number of hydrogen-bond acceptors (Lipinski definition) is 2. The van der Waals surface area contributed by atoms with Crippen LogP contribution in [0.1, 0.15) is 30.0 Å². The highest BCUT2D eigenvalue weighted by atomic mass is 35.5. The Hall–Kier alpha value is -2.33. The van der Waals surface area contributed by atoms with Crippen LogP contribution in [0.2, 0.25) is 5.02 Å². The fourth-order valence-electron chi connectivity index (χ4n) is 3.45. The number of nitrogens with zero attached hydrogens (tertiary/aromatic N) is 2. The van der Waals surface area contributed by atoms with Crippen LogP contribution >= 0.6 is 11.6 Å². The molecule has 4 nitrogen and oxygen atoms in total. The Morgan fingerprint density at radius 1 is 1.29 bits per heavy atom. The second-order valence-corrected chi connectivity index (χ2v) is 6.65. The molecule has 1 atom stereocenters. The first-order valence-electron chi connectivity index (χ1n) is 8.19. The fraction of sp³-hybridized carbons (Fsp3) is 0.263. The van der Waals surface area contributed by atoms with E-state index in [4.69, 9.17) is 11.6 Å². The number of fused-ring (bicyclic) bond motifs is 2. The minimum Gasteiger partial charge on any atom is -0.348 e. The van der Waals surface area contributed by atoms with Gasteiger partial charge in [0.1, 0.15) is 6.54 Å². The normalized spacial score (nSPS) is 16.8.